The third kappa shape index (κ3) is 2.10. The van der Waals surface area contributed by atoms with Crippen molar-refractivity contribution in [1.82, 2.24) is 0 Å². The first kappa shape index (κ1) is 13.6. The van der Waals surface area contributed by atoms with Gasteiger partial charge in [0.15, 0.2) is 11.5 Å². The van der Waals surface area contributed by atoms with E-state index in [0.29, 0.717) is 21.5 Å². The summed E-state index contributed by atoms with van der Waals surface area (Å²) in [4.78, 5) is 0. The van der Waals surface area contributed by atoms with Gasteiger partial charge in [0, 0.05) is 11.6 Å². The fraction of sp³-hybridized carbons (Fsp3) is 0.538. The maximum absolute atomic E-state index is 14.4. The average molecular weight is 318 g/mol. The predicted octanol–water partition coefficient (Wildman–Crippen LogP) is 3.33. The number of hydrogen-bond acceptors (Lipinski definition) is 3. The Morgan fingerprint density at radius 3 is 2.39 bits per heavy atom. The lowest BCUT2D eigenvalue weighted by molar-refractivity contribution is 0.328. The minimum atomic E-state index is -0.660. The Labute approximate surface area is 115 Å². The van der Waals surface area contributed by atoms with Gasteiger partial charge in [-0.3, -0.25) is 0 Å². The van der Waals surface area contributed by atoms with Crippen molar-refractivity contribution in [1.29, 1.82) is 0 Å². The van der Waals surface area contributed by atoms with Gasteiger partial charge in [0.05, 0.1) is 24.3 Å². The molecule has 0 heterocycles. The Bertz CT molecular complexity index is 459. The summed E-state index contributed by atoms with van der Waals surface area (Å²) in [6.45, 7) is 0. The molecule has 0 atom stereocenters. The fourth-order valence-electron chi connectivity index (χ4n) is 2.64. The summed E-state index contributed by atoms with van der Waals surface area (Å²) in [5.74, 6) is 0.553. The summed E-state index contributed by atoms with van der Waals surface area (Å²) in [5, 5.41) is 0. The molecule has 0 amide bonds. The lowest BCUT2D eigenvalue weighted by Crippen LogP contribution is -2.35. The molecule has 5 heteroatoms. The Morgan fingerprint density at radius 2 is 1.89 bits per heavy atom. The van der Waals surface area contributed by atoms with Crippen molar-refractivity contribution >= 4 is 15.9 Å². The second-order valence-electron chi connectivity index (χ2n) is 4.65. The Kier molecular flexibility index (Phi) is 3.82. The smallest absolute Gasteiger partial charge is 0.168 e. The van der Waals surface area contributed by atoms with Crippen molar-refractivity contribution in [3.05, 3.63) is 21.9 Å². The minimum absolute atomic E-state index is 0.350. The molecule has 1 aromatic rings. The van der Waals surface area contributed by atoms with E-state index in [-0.39, 0.29) is 5.82 Å². The number of ether oxygens (including phenoxy) is 2. The van der Waals surface area contributed by atoms with Crippen molar-refractivity contribution in [2.24, 2.45) is 5.73 Å². The molecule has 3 nitrogen and oxygen atoms in total. The number of benzene rings is 1. The van der Waals surface area contributed by atoms with Crippen LogP contribution in [0.25, 0.3) is 0 Å². The molecule has 1 saturated carbocycles. The average Bonchev–Trinajstić information content (AvgIpc) is 2.79. The number of hydrogen-bond donors (Lipinski definition) is 1. The molecule has 1 aromatic carbocycles. The van der Waals surface area contributed by atoms with Gasteiger partial charge in [-0.05, 0) is 28.8 Å². The highest BCUT2D eigenvalue weighted by molar-refractivity contribution is 9.10. The molecule has 0 radical (unpaired) electrons. The number of halogens is 2. The Morgan fingerprint density at radius 1 is 1.28 bits per heavy atom. The molecule has 0 aliphatic heterocycles. The van der Waals surface area contributed by atoms with E-state index in [9.17, 15) is 4.39 Å². The number of nitrogens with two attached hydrogens (primary N) is 1. The SMILES string of the molecule is COc1cc(Br)c(F)c(C2(N)CCCC2)c1OC. The van der Waals surface area contributed by atoms with Gasteiger partial charge < -0.3 is 15.2 Å². The molecule has 1 fully saturated rings. The van der Waals surface area contributed by atoms with Crippen LogP contribution in [0.15, 0.2) is 10.5 Å². The first-order chi connectivity index (χ1) is 8.53. The summed E-state index contributed by atoms with van der Waals surface area (Å²) in [6.07, 6.45) is 3.54. The topological polar surface area (TPSA) is 44.5 Å². The monoisotopic (exact) mass is 317 g/mol. The van der Waals surface area contributed by atoms with Gasteiger partial charge in [-0.25, -0.2) is 4.39 Å². The van der Waals surface area contributed by atoms with E-state index in [4.69, 9.17) is 15.2 Å². The second kappa shape index (κ2) is 5.05. The summed E-state index contributed by atoms with van der Waals surface area (Å²) in [5.41, 5.74) is 6.12. The first-order valence-corrected chi connectivity index (χ1v) is 6.72. The third-order valence-corrected chi connectivity index (χ3v) is 4.13. The van der Waals surface area contributed by atoms with Gasteiger partial charge in [-0.1, -0.05) is 12.8 Å². The zero-order valence-electron chi connectivity index (χ0n) is 10.6. The maximum Gasteiger partial charge on any atom is 0.168 e. The van der Waals surface area contributed by atoms with Crippen LogP contribution in [0.2, 0.25) is 0 Å². The number of methoxy groups -OCH3 is 2. The Hall–Kier alpha value is -0.810. The molecule has 2 rings (SSSR count). The van der Waals surface area contributed by atoms with Crippen LogP contribution in [-0.2, 0) is 5.54 Å². The van der Waals surface area contributed by atoms with Crippen LogP contribution in [-0.4, -0.2) is 14.2 Å². The lowest BCUT2D eigenvalue weighted by Gasteiger charge is -2.28. The lowest BCUT2D eigenvalue weighted by atomic mass is 9.88. The number of rotatable bonds is 3. The van der Waals surface area contributed by atoms with E-state index in [1.807, 2.05) is 0 Å². The van der Waals surface area contributed by atoms with E-state index < -0.39 is 5.54 Å². The molecule has 0 spiro atoms. The second-order valence-corrected chi connectivity index (χ2v) is 5.50. The molecule has 0 unspecified atom stereocenters. The first-order valence-electron chi connectivity index (χ1n) is 5.93. The molecule has 0 bridgehead atoms. The highest BCUT2D eigenvalue weighted by Gasteiger charge is 2.38. The summed E-state index contributed by atoms with van der Waals surface area (Å²) >= 11 is 3.21. The third-order valence-electron chi connectivity index (χ3n) is 3.56. The maximum atomic E-state index is 14.4. The van der Waals surface area contributed by atoms with Crippen LogP contribution < -0.4 is 15.2 Å². The van der Waals surface area contributed by atoms with Gasteiger partial charge in [0.1, 0.15) is 5.82 Å². The molecule has 2 N–H and O–H groups in total. The normalized spacial score (nSPS) is 17.8. The van der Waals surface area contributed by atoms with Crippen LogP contribution >= 0.6 is 15.9 Å². The van der Waals surface area contributed by atoms with E-state index in [1.54, 1.807) is 6.07 Å². The van der Waals surface area contributed by atoms with Crippen molar-refractivity contribution in [3.63, 3.8) is 0 Å². The fourth-order valence-corrected chi connectivity index (χ4v) is 3.05. The van der Waals surface area contributed by atoms with Crippen molar-refractivity contribution in [3.8, 4) is 11.5 Å². The van der Waals surface area contributed by atoms with Crippen LogP contribution in [0, 0.1) is 5.82 Å². The molecule has 18 heavy (non-hydrogen) atoms. The van der Waals surface area contributed by atoms with E-state index in [1.165, 1.54) is 14.2 Å². The standard InChI is InChI=1S/C13H17BrFNO2/c1-17-9-7-8(14)11(15)10(12(9)18-2)13(16)5-3-4-6-13/h7H,3-6,16H2,1-2H3. The predicted molar refractivity (Wildman–Crippen MR) is 71.5 cm³/mol. The van der Waals surface area contributed by atoms with E-state index in [2.05, 4.69) is 15.9 Å². The van der Waals surface area contributed by atoms with E-state index in [0.717, 1.165) is 25.7 Å². The molecular weight excluding hydrogens is 301 g/mol. The Balaban J connectivity index is 2.66. The van der Waals surface area contributed by atoms with E-state index >= 15 is 0 Å². The zero-order valence-corrected chi connectivity index (χ0v) is 12.1. The van der Waals surface area contributed by atoms with Crippen LogP contribution in [0.4, 0.5) is 4.39 Å². The highest BCUT2D eigenvalue weighted by Crippen LogP contribution is 2.47. The minimum Gasteiger partial charge on any atom is -0.493 e. The molecule has 0 aromatic heterocycles. The van der Waals surface area contributed by atoms with Crippen LogP contribution in [0.3, 0.4) is 0 Å². The molecule has 1 aliphatic rings. The molecule has 1 aliphatic carbocycles. The van der Waals surface area contributed by atoms with Gasteiger partial charge in [0.2, 0.25) is 0 Å². The molecule has 0 saturated heterocycles. The van der Waals surface area contributed by atoms with Gasteiger partial charge in [0.25, 0.3) is 0 Å². The van der Waals surface area contributed by atoms with Crippen molar-refractivity contribution < 1.29 is 13.9 Å². The van der Waals surface area contributed by atoms with Gasteiger partial charge >= 0.3 is 0 Å². The summed E-state index contributed by atoms with van der Waals surface area (Å²) in [6, 6.07) is 1.57. The van der Waals surface area contributed by atoms with Crippen molar-refractivity contribution in [2.45, 2.75) is 31.2 Å². The molecule has 100 valence electrons. The van der Waals surface area contributed by atoms with Crippen molar-refractivity contribution in [2.75, 3.05) is 14.2 Å². The quantitative estimate of drug-likeness (QED) is 0.930. The zero-order chi connectivity index (χ0) is 13.3. The summed E-state index contributed by atoms with van der Waals surface area (Å²) < 4.78 is 25.3. The van der Waals surface area contributed by atoms with Crippen LogP contribution in [0.5, 0.6) is 11.5 Å². The van der Waals surface area contributed by atoms with Gasteiger partial charge in [-0.15, -0.1) is 0 Å². The largest absolute Gasteiger partial charge is 0.493 e. The summed E-state index contributed by atoms with van der Waals surface area (Å²) in [7, 11) is 3.04. The van der Waals surface area contributed by atoms with Crippen LogP contribution in [0.1, 0.15) is 31.2 Å². The van der Waals surface area contributed by atoms with Gasteiger partial charge in [-0.2, -0.15) is 0 Å². The highest BCUT2D eigenvalue weighted by atomic mass is 79.9. The molecular formula is C13H17BrFNO2.